The molecule has 0 saturated heterocycles. The summed E-state index contributed by atoms with van der Waals surface area (Å²) in [6.45, 7) is 5.76. The number of amides is 1. The number of rotatable bonds is 3. The maximum absolute atomic E-state index is 11.5. The lowest BCUT2D eigenvalue weighted by Gasteiger charge is -2.22. The molecule has 0 radical (unpaired) electrons. The molecule has 0 bridgehead atoms. The van der Waals surface area contributed by atoms with E-state index in [1.54, 1.807) is 6.92 Å². The molecule has 78 valence electrons. The Balaban J connectivity index is 2.68. The van der Waals surface area contributed by atoms with E-state index >= 15 is 0 Å². The molecule has 1 rings (SSSR count). The number of nitrogens with two attached hydrogens (primary N) is 1. The molecule has 5 heteroatoms. The normalized spacial score (nSPS) is 11.4. The van der Waals surface area contributed by atoms with Gasteiger partial charge in [0, 0.05) is 12.1 Å². The number of carbonyl (C=O) groups is 1. The van der Waals surface area contributed by atoms with Crippen molar-refractivity contribution in [1.82, 2.24) is 10.3 Å². The third-order valence-electron chi connectivity index (χ3n) is 1.78. The summed E-state index contributed by atoms with van der Waals surface area (Å²) in [5.74, 6) is 0.346. The molecular formula is C9H15N3O2. The Bertz CT molecular complexity index is 331. The van der Waals surface area contributed by atoms with Gasteiger partial charge in [-0.2, -0.15) is 0 Å². The Labute approximate surface area is 82.7 Å². The maximum Gasteiger partial charge on any atom is 0.307 e. The van der Waals surface area contributed by atoms with Crippen molar-refractivity contribution in [3.8, 4) is 0 Å². The van der Waals surface area contributed by atoms with E-state index < -0.39 is 5.54 Å². The molecule has 1 aromatic heterocycles. The molecular weight excluding hydrogens is 182 g/mol. The van der Waals surface area contributed by atoms with Crippen LogP contribution in [0, 0.1) is 6.92 Å². The van der Waals surface area contributed by atoms with Crippen LogP contribution in [-0.2, 0) is 0 Å². The molecule has 0 atom stereocenters. The number of nitrogens with one attached hydrogen (secondary N) is 1. The van der Waals surface area contributed by atoms with Gasteiger partial charge in [0.15, 0.2) is 0 Å². The van der Waals surface area contributed by atoms with Crippen LogP contribution in [-0.4, -0.2) is 23.0 Å². The quantitative estimate of drug-likeness (QED) is 0.737. The lowest BCUT2D eigenvalue weighted by Crippen LogP contribution is -2.48. The van der Waals surface area contributed by atoms with Crippen LogP contribution < -0.4 is 11.1 Å². The van der Waals surface area contributed by atoms with E-state index in [0.717, 1.165) is 0 Å². The number of nitrogens with zero attached hydrogens (tertiary/aromatic N) is 1. The van der Waals surface area contributed by atoms with E-state index in [0.29, 0.717) is 12.3 Å². The lowest BCUT2D eigenvalue weighted by atomic mass is 10.1. The highest BCUT2D eigenvalue weighted by atomic mass is 16.4. The largest absolute Gasteiger partial charge is 0.438 e. The SMILES string of the molecule is Cc1cnc(C(=O)NC(C)(C)CN)o1. The van der Waals surface area contributed by atoms with Gasteiger partial charge >= 0.3 is 5.91 Å². The highest BCUT2D eigenvalue weighted by Crippen LogP contribution is 2.04. The van der Waals surface area contributed by atoms with Crippen molar-refractivity contribution in [2.45, 2.75) is 26.3 Å². The van der Waals surface area contributed by atoms with Crippen molar-refractivity contribution in [2.24, 2.45) is 5.73 Å². The van der Waals surface area contributed by atoms with Crippen molar-refractivity contribution in [2.75, 3.05) is 6.54 Å². The first kappa shape index (κ1) is 10.7. The zero-order chi connectivity index (χ0) is 10.8. The molecule has 0 aliphatic rings. The first-order valence-corrected chi connectivity index (χ1v) is 4.39. The molecule has 5 nitrogen and oxygen atoms in total. The second-order valence-corrected chi connectivity index (χ2v) is 3.82. The van der Waals surface area contributed by atoms with E-state index in [1.165, 1.54) is 6.20 Å². The average Bonchev–Trinajstić information content (AvgIpc) is 2.51. The molecule has 0 saturated carbocycles. The minimum absolute atomic E-state index is 0.0732. The fraction of sp³-hybridized carbons (Fsp3) is 0.556. The van der Waals surface area contributed by atoms with Crippen molar-refractivity contribution in [3.63, 3.8) is 0 Å². The fourth-order valence-electron chi connectivity index (χ4n) is 0.872. The monoisotopic (exact) mass is 197 g/mol. The standard InChI is InChI=1S/C9H15N3O2/c1-6-4-11-8(14-6)7(13)12-9(2,3)5-10/h4H,5,10H2,1-3H3,(H,12,13). The summed E-state index contributed by atoms with van der Waals surface area (Å²) in [6.07, 6.45) is 1.50. The minimum Gasteiger partial charge on any atom is -0.438 e. The minimum atomic E-state index is -0.445. The molecule has 1 heterocycles. The number of hydrogen-bond acceptors (Lipinski definition) is 4. The summed E-state index contributed by atoms with van der Waals surface area (Å²) in [7, 11) is 0. The van der Waals surface area contributed by atoms with Crippen LogP contribution in [0.25, 0.3) is 0 Å². The summed E-state index contributed by atoms with van der Waals surface area (Å²) in [5.41, 5.74) is 5.03. The Morgan fingerprint density at radius 3 is 2.79 bits per heavy atom. The maximum atomic E-state index is 11.5. The number of carbonyl (C=O) groups excluding carboxylic acids is 1. The van der Waals surface area contributed by atoms with Crippen LogP contribution in [0.5, 0.6) is 0 Å². The van der Waals surface area contributed by atoms with Gasteiger partial charge in [-0.05, 0) is 20.8 Å². The molecule has 1 amide bonds. The zero-order valence-electron chi connectivity index (χ0n) is 8.63. The topological polar surface area (TPSA) is 81.2 Å². The average molecular weight is 197 g/mol. The first-order valence-electron chi connectivity index (χ1n) is 4.39. The molecule has 14 heavy (non-hydrogen) atoms. The highest BCUT2D eigenvalue weighted by molar-refractivity contribution is 5.90. The second-order valence-electron chi connectivity index (χ2n) is 3.82. The molecule has 0 spiro atoms. The molecule has 0 aliphatic carbocycles. The van der Waals surface area contributed by atoms with Gasteiger partial charge in [0.2, 0.25) is 0 Å². The zero-order valence-corrected chi connectivity index (χ0v) is 8.63. The Morgan fingerprint density at radius 1 is 1.71 bits per heavy atom. The molecule has 3 N–H and O–H groups in total. The van der Waals surface area contributed by atoms with Gasteiger partial charge in [-0.15, -0.1) is 0 Å². The Hall–Kier alpha value is -1.36. The summed E-state index contributed by atoms with van der Waals surface area (Å²) < 4.78 is 5.07. The van der Waals surface area contributed by atoms with E-state index in [2.05, 4.69) is 10.3 Å². The van der Waals surface area contributed by atoms with Crippen LogP contribution >= 0.6 is 0 Å². The van der Waals surface area contributed by atoms with Crippen molar-refractivity contribution in [1.29, 1.82) is 0 Å². The predicted octanol–water partition coefficient (Wildman–Crippen LogP) is 0.450. The number of aromatic nitrogens is 1. The van der Waals surface area contributed by atoms with Crippen LogP contribution in [0.3, 0.4) is 0 Å². The number of hydrogen-bond donors (Lipinski definition) is 2. The molecule has 0 unspecified atom stereocenters. The van der Waals surface area contributed by atoms with Gasteiger partial charge < -0.3 is 15.5 Å². The third-order valence-corrected chi connectivity index (χ3v) is 1.78. The van der Waals surface area contributed by atoms with Gasteiger partial charge in [-0.25, -0.2) is 4.98 Å². The summed E-state index contributed by atoms with van der Waals surface area (Å²) >= 11 is 0. The lowest BCUT2D eigenvalue weighted by molar-refractivity contribution is 0.0878. The fourth-order valence-corrected chi connectivity index (χ4v) is 0.872. The van der Waals surface area contributed by atoms with Crippen molar-refractivity contribution >= 4 is 5.91 Å². The predicted molar refractivity (Wildman–Crippen MR) is 51.8 cm³/mol. The van der Waals surface area contributed by atoms with E-state index in [9.17, 15) is 4.79 Å². The Morgan fingerprint density at radius 2 is 2.36 bits per heavy atom. The molecule has 0 aromatic carbocycles. The van der Waals surface area contributed by atoms with Crippen LogP contribution in [0.2, 0.25) is 0 Å². The number of aryl methyl sites for hydroxylation is 1. The van der Waals surface area contributed by atoms with Gasteiger partial charge in [0.25, 0.3) is 5.89 Å². The van der Waals surface area contributed by atoms with Crippen LogP contribution in [0.4, 0.5) is 0 Å². The molecule has 0 fully saturated rings. The van der Waals surface area contributed by atoms with Crippen molar-refractivity contribution < 1.29 is 9.21 Å². The van der Waals surface area contributed by atoms with E-state index in [-0.39, 0.29) is 11.8 Å². The van der Waals surface area contributed by atoms with Crippen molar-refractivity contribution in [3.05, 3.63) is 17.8 Å². The van der Waals surface area contributed by atoms with Crippen LogP contribution in [0.1, 0.15) is 30.3 Å². The van der Waals surface area contributed by atoms with E-state index in [4.69, 9.17) is 10.2 Å². The van der Waals surface area contributed by atoms with E-state index in [1.807, 2.05) is 13.8 Å². The highest BCUT2D eigenvalue weighted by Gasteiger charge is 2.21. The summed E-state index contributed by atoms with van der Waals surface area (Å²) in [5, 5.41) is 2.72. The van der Waals surface area contributed by atoms with Gasteiger partial charge in [0.1, 0.15) is 5.76 Å². The third kappa shape index (κ3) is 2.56. The summed E-state index contributed by atoms with van der Waals surface area (Å²) in [4.78, 5) is 15.3. The molecule has 1 aromatic rings. The van der Waals surface area contributed by atoms with Gasteiger partial charge in [-0.1, -0.05) is 0 Å². The number of oxazole rings is 1. The summed E-state index contributed by atoms with van der Waals surface area (Å²) in [6, 6.07) is 0. The smallest absolute Gasteiger partial charge is 0.307 e. The van der Waals surface area contributed by atoms with Crippen LogP contribution in [0.15, 0.2) is 10.6 Å². The molecule has 0 aliphatic heterocycles. The van der Waals surface area contributed by atoms with Gasteiger partial charge in [0.05, 0.1) is 6.20 Å². The first-order chi connectivity index (χ1) is 6.44. The second kappa shape index (κ2) is 3.79. The van der Waals surface area contributed by atoms with Gasteiger partial charge in [-0.3, -0.25) is 4.79 Å². The Kier molecular flexibility index (Phi) is 2.90.